The van der Waals surface area contributed by atoms with Gasteiger partial charge in [0.25, 0.3) is 0 Å². The molecule has 1 saturated heterocycles. The first-order valence-corrected chi connectivity index (χ1v) is 6.91. The summed E-state index contributed by atoms with van der Waals surface area (Å²) < 4.78 is 10.4. The molecule has 0 radical (unpaired) electrons. The van der Waals surface area contributed by atoms with Crippen molar-refractivity contribution in [1.29, 1.82) is 0 Å². The largest absolute Gasteiger partial charge is 0.461 e. The van der Waals surface area contributed by atoms with Crippen LogP contribution < -0.4 is 4.90 Å². The van der Waals surface area contributed by atoms with Crippen molar-refractivity contribution in [2.45, 2.75) is 6.92 Å². The second-order valence-electron chi connectivity index (χ2n) is 4.74. The maximum atomic E-state index is 11.8. The molecule has 2 heterocycles. The molecule has 1 aliphatic heterocycles. The molecule has 1 aromatic heterocycles. The molecular formula is C15H18N2O3. The van der Waals surface area contributed by atoms with Crippen molar-refractivity contribution >= 4 is 22.6 Å². The standard InChI is InChI=1S/C15H18N2O3/c1-2-20-15(18)13-10-11-12(16-13)4-3-5-14(11)17-6-8-19-9-7-17/h3-5,10,16H,2,6-9H2,1H3. The third-order valence-corrected chi connectivity index (χ3v) is 3.49. The monoisotopic (exact) mass is 274 g/mol. The smallest absolute Gasteiger partial charge is 0.354 e. The molecule has 0 atom stereocenters. The van der Waals surface area contributed by atoms with E-state index in [9.17, 15) is 4.79 Å². The van der Waals surface area contributed by atoms with Gasteiger partial charge in [0.1, 0.15) is 5.69 Å². The zero-order valence-electron chi connectivity index (χ0n) is 11.5. The molecule has 5 nitrogen and oxygen atoms in total. The van der Waals surface area contributed by atoms with E-state index >= 15 is 0 Å². The number of ether oxygens (including phenoxy) is 2. The summed E-state index contributed by atoms with van der Waals surface area (Å²) >= 11 is 0. The Hall–Kier alpha value is -2.01. The summed E-state index contributed by atoms with van der Waals surface area (Å²) in [6.07, 6.45) is 0. The number of rotatable bonds is 3. The summed E-state index contributed by atoms with van der Waals surface area (Å²) in [6.45, 7) is 5.42. The number of carbonyl (C=O) groups is 1. The minimum atomic E-state index is -0.309. The fourth-order valence-corrected chi connectivity index (χ4v) is 2.54. The first-order valence-electron chi connectivity index (χ1n) is 6.91. The number of hydrogen-bond acceptors (Lipinski definition) is 4. The summed E-state index contributed by atoms with van der Waals surface area (Å²) in [5, 5.41) is 1.05. The molecule has 1 N–H and O–H groups in total. The van der Waals surface area contributed by atoms with E-state index in [4.69, 9.17) is 9.47 Å². The molecule has 1 aliphatic rings. The van der Waals surface area contributed by atoms with Crippen molar-refractivity contribution in [3.05, 3.63) is 30.0 Å². The third-order valence-electron chi connectivity index (χ3n) is 3.49. The average Bonchev–Trinajstić information content (AvgIpc) is 2.92. The number of esters is 1. The molecule has 106 valence electrons. The second kappa shape index (κ2) is 5.54. The zero-order chi connectivity index (χ0) is 13.9. The van der Waals surface area contributed by atoms with E-state index in [1.54, 1.807) is 6.92 Å². The van der Waals surface area contributed by atoms with Gasteiger partial charge < -0.3 is 19.4 Å². The molecule has 0 bridgehead atoms. The average molecular weight is 274 g/mol. The van der Waals surface area contributed by atoms with Crippen LogP contribution in [-0.4, -0.2) is 43.9 Å². The number of aromatic nitrogens is 1. The number of anilines is 1. The maximum Gasteiger partial charge on any atom is 0.354 e. The lowest BCUT2D eigenvalue weighted by Crippen LogP contribution is -2.36. The first-order chi connectivity index (χ1) is 9.79. The van der Waals surface area contributed by atoms with Gasteiger partial charge in [-0.05, 0) is 25.1 Å². The van der Waals surface area contributed by atoms with Gasteiger partial charge in [-0.3, -0.25) is 0 Å². The molecule has 0 spiro atoms. The van der Waals surface area contributed by atoms with Crippen LogP contribution in [0.1, 0.15) is 17.4 Å². The maximum absolute atomic E-state index is 11.8. The number of hydrogen-bond donors (Lipinski definition) is 1. The molecule has 5 heteroatoms. The summed E-state index contributed by atoms with van der Waals surface area (Å²) in [7, 11) is 0. The van der Waals surface area contributed by atoms with Crippen molar-refractivity contribution in [3.8, 4) is 0 Å². The normalized spacial score (nSPS) is 15.6. The van der Waals surface area contributed by atoms with Gasteiger partial charge in [0.2, 0.25) is 0 Å². The van der Waals surface area contributed by atoms with Crippen LogP contribution in [0.2, 0.25) is 0 Å². The van der Waals surface area contributed by atoms with Crippen LogP contribution in [0.5, 0.6) is 0 Å². The summed E-state index contributed by atoms with van der Waals surface area (Å²) in [5.41, 5.74) is 2.59. The van der Waals surface area contributed by atoms with E-state index in [1.807, 2.05) is 18.2 Å². The summed E-state index contributed by atoms with van der Waals surface area (Å²) in [4.78, 5) is 17.2. The lowest BCUT2D eigenvalue weighted by molar-refractivity contribution is 0.0520. The number of nitrogens with one attached hydrogen (secondary N) is 1. The van der Waals surface area contributed by atoms with Crippen LogP contribution in [-0.2, 0) is 9.47 Å². The van der Waals surface area contributed by atoms with Gasteiger partial charge in [-0.2, -0.15) is 0 Å². The van der Waals surface area contributed by atoms with E-state index in [0.29, 0.717) is 12.3 Å². The fourth-order valence-electron chi connectivity index (χ4n) is 2.54. The first kappa shape index (κ1) is 13.0. The van der Waals surface area contributed by atoms with Crippen LogP contribution in [0.15, 0.2) is 24.3 Å². The van der Waals surface area contributed by atoms with Gasteiger partial charge in [-0.25, -0.2) is 4.79 Å². The second-order valence-corrected chi connectivity index (χ2v) is 4.74. The number of carbonyl (C=O) groups excluding carboxylic acids is 1. The number of aromatic amines is 1. The fraction of sp³-hybridized carbons (Fsp3) is 0.400. The number of benzene rings is 1. The lowest BCUT2D eigenvalue weighted by atomic mass is 10.2. The van der Waals surface area contributed by atoms with Crippen molar-refractivity contribution in [2.24, 2.45) is 0 Å². The minimum Gasteiger partial charge on any atom is -0.461 e. The molecule has 20 heavy (non-hydrogen) atoms. The molecule has 2 aromatic rings. The highest BCUT2D eigenvalue weighted by Crippen LogP contribution is 2.28. The lowest BCUT2D eigenvalue weighted by Gasteiger charge is -2.29. The molecule has 0 amide bonds. The quantitative estimate of drug-likeness (QED) is 0.872. The van der Waals surface area contributed by atoms with Gasteiger partial charge in [-0.15, -0.1) is 0 Å². The van der Waals surface area contributed by atoms with Gasteiger partial charge in [-0.1, -0.05) is 6.07 Å². The van der Waals surface area contributed by atoms with E-state index in [1.165, 1.54) is 0 Å². The predicted molar refractivity (Wildman–Crippen MR) is 77.3 cm³/mol. The Kier molecular flexibility index (Phi) is 3.60. The summed E-state index contributed by atoms with van der Waals surface area (Å²) in [6, 6.07) is 7.93. The third kappa shape index (κ3) is 2.36. The van der Waals surface area contributed by atoms with Crippen LogP contribution in [0.4, 0.5) is 5.69 Å². The number of H-pyrrole nitrogens is 1. The van der Waals surface area contributed by atoms with Crippen LogP contribution >= 0.6 is 0 Å². The van der Waals surface area contributed by atoms with Crippen LogP contribution in [0, 0.1) is 0 Å². The van der Waals surface area contributed by atoms with E-state index < -0.39 is 0 Å². The molecule has 0 saturated carbocycles. The van der Waals surface area contributed by atoms with Crippen LogP contribution in [0.25, 0.3) is 10.9 Å². The van der Waals surface area contributed by atoms with Crippen molar-refractivity contribution in [2.75, 3.05) is 37.8 Å². The Morgan fingerprint density at radius 3 is 2.95 bits per heavy atom. The van der Waals surface area contributed by atoms with Crippen molar-refractivity contribution in [3.63, 3.8) is 0 Å². The van der Waals surface area contributed by atoms with Crippen molar-refractivity contribution < 1.29 is 14.3 Å². The SMILES string of the molecule is CCOC(=O)c1cc2c(N3CCOCC3)cccc2[nH]1. The molecule has 0 unspecified atom stereocenters. The van der Waals surface area contributed by atoms with E-state index in [0.717, 1.165) is 42.9 Å². The predicted octanol–water partition coefficient (Wildman–Crippen LogP) is 2.18. The molecule has 3 rings (SSSR count). The highest BCUT2D eigenvalue weighted by Gasteiger charge is 2.17. The Morgan fingerprint density at radius 1 is 1.40 bits per heavy atom. The molecular weight excluding hydrogens is 256 g/mol. The van der Waals surface area contributed by atoms with Gasteiger partial charge in [0.15, 0.2) is 0 Å². The van der Waals surface area contributed by atoms with Crippen LogP contribution in [0.3, 0.4) is 0 Å². The topological polar surface area (TPSA) is 54.6 Å². The highest BCUT2D eigenvalue weighted by molar-refractivity contribution is 6.00. The number of morpholine rings is 1. The van der Waals surface area contributed by atoms with Gasteiger partial charge in [0, 0.05) is 29.7 Å². The Morgan fingerprint density at radius 2 is 2.20 bits per heavy atom. The Labute approximate surface area is 117 Å². The molecule has 1 fully saturated rings. The van der Waals surface area contributed by atoms with E-state index in [-0.39, 0.29) is 5.97 Å². The molecule has 0 aliphatic carbocycles. The Balaban J connectivity index is 1.98. The van der Waals surface area contributed by atoms with Gasteiger partial charge >= 0.3 is 5.97 Å². The number of nitrogens with zero attached hydrogens (tertiary/aromatic N) is 1. The number of fused-ring (bicyclic) bond motifs is 1. The summed E-state index contributed by atoms with van der Waals surface area (Å²) in [5.74, 6) is -0.309. The Bertz CT molecular complexity index is 615. The minimum absolute atomic E-state index is 0.309. The van der Waals surface area contributed by atoms with E-state index in [2.05, 4.69) is 16.0 Å². The molecule has 1 aromatic carbocycles. The van der Waals surface area contributed by atoms with Crippen molar-refractivity contribution in [1.82, 2.24) is 4.98 Å². The highest BCUT2D eigenvalue weighted by atomic mass is 16.5. The van der Waals surface area contributed by atoms with Gasteiger partial charge in [0.05, 0.1) is 19.8 Å². The zero-order valence-corrected chi connectivity index (χ0v) is 11.5.